The van der Waals surface area contributed by atoms with Crippen molar-refractivity contribution in [2.24, 2.45) is 10.8 Å². The molecule has 244 valence electrons. The Kier molecular flexibility index (Phi) is 24.8. The maximum absolute atomic E-state index is 11.7. The lowest BCUT2D eigenvalue weighted by molar-refractivity contribution is -0.149. The highest BCUT2D eigenvalue weighted by Gasteiger charge is 2.28. The van der Waals surface area contributed by atoms with E-state index in [1.165, 1.54) is 30.6 Å². The fraction of sp³-hybridized carbons (Fsp3) is 0.778. The van der Waals surface area contributed by atoms with E-state index in [-0.39, 0.29) is 70.8 Å². The summed E-state index contributed by atoms with van der Waals surface area (Å²) in [6.07, 6.45) is 0.509. The zero-order chi connectivity index (χ0) is 32.4. The van der Waals surface area contributed by atoms with E-state index in [0.717, 1.165) is 0 Å². The predicted octanol–water partition coefficient (Wildman–Crippen LogP) is 2.76. The molecule has 0 aromatic rings. The van der Waals surface area contributed by atoms with Crippen LogP contribution in [0, 0.1) is 10.8 Å². The molecule has 0 aliphatic heterocycles. The van der Waals surface area contributed by atoms with E-state index in [0.29, 0.717) is 29.4 Å². The Balaban J connectivity index is 0. The van der Waals surface area contributed by atoms with Gasteiger partial charge < -0.3 is 33.5 Å². The largest absolute Gasteiger partial charge is 0.481 e. The van der Waals surface area contributed by atoms with Crippen molar-refractivity contribution >= 4 is 60.3 Å². The standard InChI is InChI=1S/C21H34O11S2.C6H12O2/c1-21(2,20(26)27-3)14-34-11-5-19(25)31-9-7-28-6-8-30-18(24)4-10-33-13-17(32-16-23)12-29-15-22;1-4-6(2,3)5(7)8/h15-17H,4-14H2,1-3H3;4H2,1-3H3,(H,7,8). The fourth-order valence-corrected chi connectivity index (χ4v) is 4.37. The van der Waals surface area contributed by atoms with Crippen LogP contribution < -0.4 is 0 Å². The van der Waals surface area contributed by atoms with Crippen LogP contribution >= 0.6 is 23.5 Å². The van der Waals surface area contributed by atoms with Gasteiger partial charge in [-0.3, -0.25) is 28.8 Å². The number of esters is 3. The summed E-state index contributed by atoms with van der Waals surface area (Å²) in [5.41, 5.74) is -1.15. The molecular weight excluding hydrogens is 596 g/mol. The molecule has 0 bridgehead atoms. The summed E-state index contributed by atoms with van der Waals surface area (Å²) in [4.78, 5) is 65.7. The SMILES string of the molecule is CCC(C)(C)C(=O)O.COC(=O)C(C)(C)CSCCC(=O)OCCOCCOC(=O)CCSCC(COC=O)OC=O. The van der Waals surface area contributed by atoms with Crippen LogP contribution in [0.5, 0.6) is 0 Å². The number of carboxylic acids is 1. The summed E-state index contributed by atoms with van der Waals surface area (Å²) in [7, 11) is 1.35. The number of thioether (sulfide) groups is 2. The van der Waals surface area contributed by atoms with Crippen molar-refractivity contribution in [1.82, 2.24) is 0 Å². The van der Waals surface area contributed by atoms with E-state index in [1.807, 2.05) is 6.92 Å². The minimum absolute atomic E-state index is 0.0410. The first-order valence-corrected chi connectivity index (χ1v) is 15.6. The van der Waals surface area contributed by atoms with Gasteiger partial charge in [-0.05, 0) is 34.1 Å². The van der Waals surface area contributed by atoms with E-state index in [9.17, 15) is 28.8 Å². The summed E-state index contributed by atoms with van der Waals surface area (Å²) < 4.78 is 29.4. The second-order valence-electron chi connectivity index (χ2n) is 9.88. The van der Waals surface area contributed by atoms with Gasteiger partial charge in [0.05, 0.1) is 44.0 Å². The molecule has 1 atom stereocenters. The molecule has 15 heteroatoms. The topological polar surface area (TPSA) is 178 Å². The van der Waals surface area contributed by atoms with Gasteiger partial charge in [-0.15, -0.1) is 0 Å². The maximum atomic E-state index is 11.7. The number of carbonyl (C=O) groups excluding carboxylic acids is 5. The van der Waals surface area contributed by atoms with E-state index < -0.39 is 28.9 Å². The number of hydrogen-bond donors (Lipinski definition) is 1. The number of hydrogen-bond acceptors (Lipinski definition) is 14. The van der Waals surface area contributed by atoms with Crippen molar-refractivity contribution in [3.8, 4) is 0 Å². The Hall–Kier alpha value is -2.52. The lowest BCUT2D eigenvalue weighted by Crippen LogP contribution is -2.28. The van der Waals surface area contributed by atoms with Gasteiger partial charge in [-0.1, -0.05) is 6.92 Å². The zero-order valence-corrected chi connectivity index (χ0v) is 27.0. The summed E-state index contributed by atoms with van der Waals surface area (Å²) in [5.74, 6) is 0.146. The third kappa shape index (κ3) is 23.1. The molecule has 0 fully saturated rings. The highest BCUT2D eigenvalue weighted by atomic mass is 32.2. The molecule has 0 aliphatic rings. The minimum Gasteiger partial charge on any atom is -0.481 e. The molecule has 0 saturated heterocycles. The molecule has 0 aromatic carbocycles. The highest BCUT2D eigenvalue weighted by Crippen LogP contribution is 2.23. The Morgan fingerprint density at radius 1 is 0.833 bits per heavy atom. The summed E-state index contributed by atoms with van der Waals surface area (Å²) in [6, 6.07) is 0. The highest BCUT2D eigenvalue weighted by molar-refractivity contribution is 7.99. The van der Waals surface area contributed by atoms with Gasteiger partial charge in [-0.25, -0.2) is 0 Å². The van der Waals surface area contributed by atoms with Crippen LogP contribution in [0.3, 0.4) is 0 Å². The molecule has 0 spiro atoms. The predicted molar refractivity (Wildman–Crippen MR) is 157 cm³/mol. The van der Waals surface area contributed by atoms with Crippen molar-refractivity contribution < 1.29 is 62.3 Å². The monoisotopic (exact) mass is 642 g/mol. The quantitative estimate of drug-likeness (QED) is 0.0703. The molecule has 1 N–H and O–H groups in total. The maximum Gasteiger partial charge on any atom is 0.312 e. The van der Waals surface area contributed by atoms with Crippen molar-refractivity contribution in [2.75, 3.05) is 63.2 Å². The van der Waals surface area contributed by atoms with Gasteiger partial charge in [0, 0.05) is 23.0 Å². The third-order valence-electron chi connectivity index (χ3n) is 5.45. The normalized spacial score (nSPS) is 11.7. The molecule has 0 rings (SSSR count). The molecule has 0 aromatic heterocycles. The van der Waals surface area contributed by atoms with Gasteiger partial charge in [0.1, 0.15) is 25.9 Å². The average molecular weight is 643 g/mol. The third-order valence-corrected chi connectivity index (χ3v) is 7.97. The second-order valence-corrected chi connectivity index (χ2v) is 12.1. The van der Waals surface area contributed by atoms with Crippen molar-refractivity contribution in [3.05, 3.63) is 0 Å². The Bertz CT molecular complexity index is 803. The first kappa shape index (κ1) is 41.6. The summed E-state index contributed by atoms with van der Waals surface area (Å²) in [6.45, 7) is 9.92. The van der Waals surface area contributed by atoms with Crippen LogP contribution in [0.1, 0.15) is 53.9 Å². The number of ether oxygens (including phenoxy) is 6. The van der Waals surface area contributed by atoms with Gasteiger partial charge >= 0.3 is 23.9 Å². The lowest BCUT2D eigenvalue weighted by Gasteiger charge is -2.20. The smallest absolute Gasteiger partial charge is 0.312 e. The first-order chi connectivity index (χ1) is 19.8. The number of carbonyl (C=O) groups is 6. The Morgan fingerprint density at radius 3 is 1.81 bits per heavy atom. The van der Waals surface area contributed by atoms with Crippen LogP contribution in [-0.2, 0) is 57.2 Å². The van der Waals surface area contributed by atoms with Gasteiger partial charge in [-0.2, -0.15) is 23.5 Å². The van der Waals surface area contributed by atoms with Crippen molar-refractivity contribution in [1.29, 1.82) is 0 Å². The number of aliphatic carboxylic acids is 1. The van der Waals surface area contributed by atoms with E-state index in [4.69, 9.17) is 28.8 Å². The van der Waals surface area contributed by atoms with Crippen LogP contribution in [0.2, 0.25) is 0 Å². The Morgan fingerprint density at radius 2 is 1.38 bits per heavy atom. The van der Waals surface area contributed by atoms with Crippen molar-refractivity contribution in [3.63, 3.8) is 0 Å². The lowest BCUT2D eigenvalue weighted by atomic mass is 9.91. The molecular formula is C27H46O13S2. The number of methoxy groups -OCH3 is 1. The molecule has 42 heavy (non-hydrogen) atoms. The summed E-state index contributed by atoms with van der Waals surface area (Å²) in [5, 5.41) is 8.44. The molecule has 0 amide bonds. The van der Waals surface area contributed by atoms with Crippen LogP contribution in [0.15, 0.2) is 0 Å². The number of rotatable bonds is 24. The van der Waals surface area contributed by atoms with E-state index in [1.54, 1.807) is 27.7 Å². The van der Waals surface area contributed by atoms with Crippen LogP contribution in [-0.4, -0.2) is 111 Å². The second kappa shape index (κ2) is 25.0. The van der Waals surface area contributed by atoms with E-state index >= 15 is 0 Å². The molecule has 13 nitrogen and oxygen atoms in total. The summed E-state index contributed by atoms with van der Waals surface area (Å²) >= 11 is 2.84. The zero-order valence-electron chi connectivity index (χ0n) is 25.4. The molecule has 0 heterocycles. The van der Waals surface area contributed by atoms with Crippen LogP contribution in [0.4, 0.5) is 0 Å². The van der Waals surface area contributed by atoms with E-state index in [2.05, 4.69) is 4.74 Å². The molecule has 0 radical (unpaired) electrons. The number of carboxylic acid groups (broad SMARTS) is 1. The fourth-order valence-electron chi connectivity index (χ4n) is 2.37. The van der Waals surface area contributed by atoms with Crippen molar-refractivity contribution in [2.45, 2.75) is 60.0 Å². The average Bonchev–Trinajstić information content (AvgIpc) is 2.95. The Labute approximate surface area is 256 Å². The van der Waals surface area contributed by atoms with Crippen LogP contribution in [0.25, 0.3) is 0 Å². The van der Waals surface area contributed by atoms with Gasteiger partial charge in [0.15, 0.2) is 0 Å². The molecule has 1 unspecified atom stereocenters. The minimum atomic E-state index is -0.722. The first-order valence-electron chi connectivity index (χ1n) is 13.3. The molecule has 0 aliphatic carbocycles. The molecule has 0 saturated carbocycles. The van der Waals surface area contributed by atoms with Gasteiger partial charge in [0.2, 0.25) is 0 Å². The van der Waals surface area contributed by atoms with Gasteiger partial charge in [0.25, 0.3) is 12.9 Å².